The van der Waals surface area contributed by atoms with Crippen LogP contribution in [-0.2, 0) is 14.8 Å². The number of sulfonamides is 1. The molecule has 9 nitrogen and oxygen atoms in total. The number of aliphatic hydroxyl groups is 2. The molecule has 0 aliphatic rings. The topological polar surface area (TPSA) is 147 Å². The summed E-state index contributed by atoms with van der Waals surface area (Å²) in [6.45, 7) is 0.0264. The fraction of sp³-hybridized carbons (Fsp3) is 0.417. The van der Waals surface area contributed by atoms with E-state index in [1.807, 2.05) is 0 Å². The molecule has 10 heteroatoms. The lowest BCUT2D eigenvalue weighted by Crippen LogP contribution is -2.47. The van der Waals surface area contributed by atoms with Crippen LogP contribution >= 0.6 is 0 Å². The third kappa shape index (κ3) is 3.59. The first-order chi connectivity index (χ1) is 10.2. The zero-order valence-corrected chi connectivity index (χ0v) is 12.5. The molecular weight excluding hydrogens is 316 g/mol. The SMILES string of the molecule is CCC(CO)(CO)C(=O)NS(=O)(=O)c1cccc([N+](=O)[O-])c1. The van der Waals surface area contributed by atoms with Crippen molar-refractivity contribution < 1.29 is 28.3 Å². The van der Waals surface area contributed by atoms with Crippen molar-refractivity contribution in [1.29, 1.82) is 0 Å². The lowest BCUT2D eigenvalue weighted by atomic mass is 9.86. The minimum absolute atomic E-state index is 0.0102. The van der Waals surface area contributed by atoms with Gasteiger partial charge in [0.15, 0.2) is 0 Å². The molecule has 1 aromatic rings. The van der Waals surface area contributed by atoms with Crippen molar-refractivity contribution in [2.45, 2.75) is 18.2 Å². The zero-order valence-electron chi connectivity index (χ0n) is 11.7. The van der Waals surface area contributed by atoms with Crippen LogP contribution in [0.25, 0.3) is 0 Å². The first-order valence-corrected chi connectivity index (χ1v) is 7.74. The molecule has 0 unspecified atom stereocenters. The summed E-state index contributed by atoms with van der Waals surface area (Å²) < 4.78 is 25.9. The van der Waals surface area contributed by atoms with E-state index in [9.17, 15) is 33.5 Å². The molecule has 0 atom stereocenters. The number of nitrogens with one attached hydrogen (secondary N) is 1. The first kappa shape index (κ1) is 18.0. The molecule has 1 rings (SSSR count). The molecule has 22 heavy (non-hydrogen) atoms. The Morgan fingerprint density at radius 2 is 1.95 bits per heavy atom. The van der Waals surface area contributed by atoms with Gasteiger partial charge in [0.1, 0.15) is 0 Å². The quantitative estimate of drug-likeness (QED) is 0.462. The second-order valence-electron chi connectivity index (χ2n) is 4.64. The highest BCUT2D eigenvalue weighted by Gasteiger charge is 2.38. The van der Waals surface area contributed by atoms with Crippen LogP contribution in [-0.4, -0.2) is 42.7 Å². The van der Waals surface area contributed by atoms with Crippen LogP contribution < -0.4 is 4.72 Å². The predicted octanol–water partition coefficient (Wildman–Crippen LogP) is -0.219. The second-order valence-corrected chi connectivity index (χ2v) is 6.32. The number of rotatable bonds is 7. The Kier molecular flexibility index (Phi) is 5.58. The minimum atomic E-state index is -4.36. The lowest BCUT2D eigenvalue weighted by Gasteiger charge is -2.26. The molecule has 0 fully saturated rings. The van der Waals surface area contributed by atoms with Crippen molar-refractivity contribution in [2.75, 3.05) is 13.2 Å². The van der Waals surface area contributed by atoms with Crippen molar-refractivity contribution in [3.63, 3.8) is 0 Å². The maximum Gasteiger partial charge on any atom is 0.270 e. The van der Waals surface area contributed by atoms with Gasteiger partial charge in [-0.25, -0.2) is 13.1 Å². The maximum atomic E-state index is 12.1. The number of hydrogen-bond acceptors (Lipinski definition) is 7. The van der Waals surface area contributed by atoms with Gasteiger partial charge in [0, 0.05) is 12.1 Å². The standard InChI is InChI=1S/C12H16N2O7S/c1-2-12(7-15,8-16)11(17)13-22(20,21)10-5-3-4-9(6-10)14(18)19/h3-6,15-16H,2,7-8H2,1H3,(H,13,17). The molecule has 0 radical (unpaired) electrons. The molecule has 0 aromatic heterocycles. The zero-order chi connectivity index (χ0) is 17.0. The van der Waals surface area contributed by atoms with Gasteiger partial charge in [0.2, 0.25) is 5.91 Å². The van der Waals surface area contributed by atoms with E-state index in [-0.39, 0.29) is 6.42 Å². The van der Waals surface area contributed by atoms with Gasteiger partial charge in [-0.1, -0.05) is 13.0 Å². The largest absolute Gasteiger partial charge is 0.395 e. The summed E-state index contributed by atoms with van der Waals surface area (Å²) in [6.07, 6.45) is 0.0102. The molecule has 0 saturated carbocycles. The molecule has 3 N–H and O–H groups in total. The molecule has 1 aromatic carbocycles. The molecule has 0 spiro atoms. The van der Waals surface area contributed by atoms with Crippen LogP contribution in [0.1, 0.15) is 13.3 Å². The fourth-order valence-corrected chi connectivity index (χ4v) is 2.74. The van der Waals surface area contributed by atoms with Crippen LogP contribution in [0.4, 0.5) is 5.69 Å². The number of nitrogens with zero attached hydrogens (tertiary/aromatic N) is 1. The number of non-ortho nitro benzene ring substituents is 1. The van der Waals surface area contributed by atoms with Crippen molar-refractivity contribution in [3.8, 4) is 0 Å². The van der Waals surface area contributed by atoms with E-state index in [4.69, 9.17) is 0 Å². The Bertz CT molecular complexity index is 660. The Hall–Kier alpha value is -2.04. The van der Waals surface area contributed by atoms with Gasteiger partial charge >= 0.3 is 0 Å². The third-order valence-corrected chi connectivity index (χ3v) is 4.66. The van der Waals surface area contributed by atoms with Gasteiger partial charge < -0.3 is 10.2 Å². The number of hydrogen-bond donors (Lipinski definition) is 3. The monoisotopic (exact) mass is 332 g/mol. The van der Waals surface area contributed by atoms with Gasteiger partial charge in [-0.15, -0.1) is 0 Å². The van der Waals surface area contributed by atoms with E-state index >= 15 is 0 Å². The van der Waals surface area contributed by atoms with Gasteiger partial charge in [-0.2, -0.15) is 0 Å². The Labute approximate surface area is 126 Å². The molecule has 0 bridgehead atoms. The maximum absolute atomic E-state index is 12.1. The summed E-state index contributed by atoms with van der Waals surface area (Å²) in [5, 5.41) is 29.1. The minimum Gasteiger partial charge on any atom is -0.395 e. The molecular formula is C12H16N2O7S. The number of carbonyl (C=O) groups is 1. The Balaban J connectivity index is 3.13. The molecule has 0 saturated heterocycles. The summed E-state index contributed by atoms with van der Waals surface area (Å²) in [4.78, 5) is 21.5. The van der Waals surface area contributed by atoms with Crippen LogP contribution in [0.3, 0.4) is 0 Å². The number of benzene rings is 1. The third-order valence-electron chi connectivity index (χ3n) is 3.33. The lowest BCUT2D eigenvalue weighted by molar-refractivity contribution is -0.385. The van der Waals surface area contributed by atoms with Gasteiger partial charge in [0.05, 0.1) is 28.4 Å². The molecule has 0 aliphatic heterocycles. The van der Waals surface area contributed by atoms with E-state index < -0.39 is 50.1 Å². The highest BCUT2D eigenvalue weighted by atomic mass is 32.2. The summed E-state index contributed by atoms with van der Waals surface area (Å²) in [5.41, 5.74) is -2.09. The van der Waals surface area contributed by atoms with E-state index in [1.54, 1.807) is 4.72 Å². The van der Waals surface area contributed by atoms with E-state index in [0.717, 1.165) is 18.2 Å². The Morgan fingerprint density at radius 3 is 2.41 bits per heavy atom. The smallest absolute Gasteiger partial charge is 0.270 e. The van der Waals surface area contributed by atoms with Gasteiger partial charge in [-0.3, -0.25) is 14.9 Å². The van der Waals surface area contributed by atoms with Gasteiger partial charge in [0.25, 0.3) is 15.7 Å². The predicted molar refractivity (Wildman–Crippen MR) is 75.3 cm³/mol. The molecule has 0 aliphatic carbocycles. The number of nitro groups is 1. The van der Waals surface area contributed by atoms with Crippen molar-refractivity contribution >= 4 is 21.6 Å². The van der Waals surface area contributed by atoms with Crippen LogP contribution in [0, 0.1) is 15.5 Å². The van der Waals surface area contributed by atoms with Crippen LogP contribution in [0.2, 0.25) is 0 Å². The fourth-order valence-electron chi connectivity index (χ4n) is 1.63. The van der Waals surface area contributed by atoms with Gasteiger partial charge in [-0.05, 0) is 12.5 Å². The van der Waals surface area contributed by atoms with Crippen molar-refractivity contribution in [1.82, 2.24) is 4.72 Å². The summed E-state index contributed by atoms with van der Waals surface area (Å²) in [5.74, 6) is -1.08. The first-order valence-electron chi connectivity index (χ1n) is 6.26. The number of aliphatic hydroxyl groups excluding tert-OH is 2. The van der Waals surface area contributed by atoms with Crippen LogP contribution in [0.15, 0.2) is 29.2 Å². The normalized spacial score (nSPS) is 12.0. The number of carbonyl (C=O) groups excluding carboxylic acids is 1. The second kappa shape index (κ2) is 6.81. The van der Waals surface area contributed by atoms with Crippen molar-refractivity contribution in [3.05, 3.63) is 34.4 Å². The highest BCUT2D eigenvalue weighted by molar-refractivity contribution is 7.90. The summed E-state index contributed by atoms with van der Waals surface area (Å²) in [7, 11) is -4.36. The number of nitro benzene ring substituents is 1. The molecule has 0 heterocycles. The van der Waals surface area contributed by atoms with Crippen molar-refractivity contribution in [2.24, 2.45) is 5.41 Å². The Morgan fingerprint density at radius 1 is 1.36 bits per heavy atom. The average Bonchev–Trinajstić information content (AvgIpc) is 2.49. The summed E-state index contributed by atoms with van der Waals surface area (Å²) >= 11 is 0. The highest BCUT2D eigenvalue weighted by Crippen LogP contribution is 2.23. The average molecular weight is 332 g/mol. The van der Waals surface area contributed by atoms with Crippen LogP contribution in [0.5, 0.6) is 0 Å². The molecule has 122 valence electrons. The summed E-state index contributed by atoms with van der Waals surface area (Å²) in [6, 6.07) is 4.18. The van der Waals surface area contributed by atoms with E-state index in [0.29, 0.717) is 0 Å². The number of amides is 1. The van der Waals surface area contributed by atoms with E-state index in [2.05, 4.69) is 0 Å². The van der Waals surface area contributed by atoms with E-state index in [1.165, 1.54) is 13.0 Å². The molecule has 1 amide bonds.